The van der Waals surface area contributed by atoms with Gasteiger partial charge >= 0.3 is 148 Å². The molecule has 2 aliphatic heterocycles. The van der Waals surface area contributed by atoms with Gasteiger partial charge in [0.05, 0.1) is 0 Å². The van der Waals surface area contributed by atoms with Crippen LogP contribution in [0.2, 0.25) is 0 Å². The molecule has 0 bridgehead atoms. The minimum atomic E-state index is -1.50. The Bertz CT molecular complexity index is 427. The van der Waals surface area contributed by atoms with Gasteiger partial charge in [0, 0.05) is 0 Å². The van der Waals surface area contributed by atoms with Crippen LogP contribution in [0.25, 0.3) is 0 Å². The Morgan fingerprint density at radius 2 is 1.06 bits per heavy atom. The van der Waals surface area contributed by atoms with Crippen LogP contribution in [-0.2, 0) is 17.9 Å². The average Bonchev–Trinajstić information content (AvgIpc) is 2.58. The molecule has 1 aromatic rings. The van der Waals surface area contributed by atoms with Gasteiger partial charge in [-0.3, -0.25) is 0 Å². The van der Waals surface area contributed by atoms with Crippen LogP contribution >= 0.6 is 74.8 Å². The molecule has 1 aromatic carbocycles. The summed E-state index contributed by atoms with van der Waals surface area (Å²) in [6.07, 6.45) is 0. The molecule has 2 heterocycles. The molecule has 90 valence electrons. The first kappa shape index (κ1) is 14.6. The van der Waals surface area contributed by atoms with Gasteiger partial charge in [-0.05, 0) is 0 Å². The zero-order valence-electron chi connectivity index (χ0n) is 8.31. The number of halogens is 4. The summed E-state index contributed by atoms with van der Waals surface area (Å²) in [4.78, 5) is 0. The second-order valence-electron chi connectivity index (χ2n) is 4.32. The average molecular weight is 893 g/mol. The van der Waals surface area contributed by atoms with Crippen molar-refractivity contribution in [2.24, 2.45) is 0 Å². The molecule has 0 saturated carbocycles. The van der Waals surface area contributed by atoms with E-state index in [4.69, 9.17) is 0 Å². The van der Waals surface area contributed by atoms with Crippen molar-refractivity contribution in [1.82, 2.24) is 0 Å². The zero-order chi connectivity index (χ0) is 11.6. The molecule has 0 aliphatic carbocycles. The van der Waals surface area contributed by atoms with Crippen molar-refractivity contribution >= 4 is 95.4 Å². The molecule has 0 nitrogen and oxygen atoms in total. The van der Waals surface area contributed by atoms with Crippen molar-refractivity contribution in [2.75, 3.05) is 0 Å². The molecule has 2 aliphatic rings. The Kier molecular flexibility index (Phi) is 4.73. The summed E-state index contributed by atoms with van der Waals surface area (Å²) in [6, 6.07) is 4.91. The van der Waals surface area contributed by atoms with Crippen molar-refractivity contribution in [3.05, 3.63) is 34.4 Å². The van der Waals surface area contributed by atoms with E-state index in [0.29, 0.717) is 0 Å². The normalized spacial score (nSPS) is 28.2. The van der Waals surface area contributed by atoms with Crippen LogP contribution in [-0.4, -0.2) is 20.6 Å². The molecule has 0 amide bonds. The maximum absolute atomic E-state index is 2.82. The predicted octanol–water partition coefficient (Wildman–Crippen LogP) is 4.67. The summed E-state index contributed by atoms with van der Waals surface area (Å²) >= 11 is 11.3. The van der Waals surface area contributed by atoms with Gasteiger partial charge in [-0.15, -0.1) is 0 Å². The molecular formula is C10H10I4Te2. The molecule has 0 saturated heterocycles. The number of fused-ring (bicyclic) bond motifs is 3. The van der Waals surface area contributed by atoms with Crippen molar-refractivity contribution in [1.29, 1.82) is 0 Å². The van der Waals surface area contributed by atoms with Gasteiger partial charge in [-0.25, -0.2) is 0 Å². The van der Waals surface area contributed by atoms with Crippen LogP contribution in [0.15, 0.2) is 12.1 Å². The van der Waals surface area contributed by atoms with Gasteiger partial charge in [0.2, 0.25) is 0 Å². The summed E-state index contributed by atoms with van der Waals surface area (Å²) in [5.74, 6) is 0. The molecule has 6 heteroatoms. The molecule has 0 aromatic heterocycles. The van der Waals surface area contributed by atoms with Gasteiger partial charge < -0.3 is 0 Å². The molecule has 0 radical (unpaired) electrons. The van der Waals surface area contributed by atoms with Crippen molar-refractivity contribution in [3.63, 3.8) is 0 Å². The van der Waals surface area contributed by atoms with Crippen LogP contribution in [0, 0.1) is 0 Å². The molecular weight excluding hydrogens is 883 g/mol. The molecule has 0 N–H and O–H groups in total. The third kappa shape index (κ3) is 2.99. The number of hydrogen-bond acceptors (Lipinski definition) is 0. The molecule has 0 spiro atoms. The second kappa shape index (κ2) is 5.17. The SMILES string of the molecule is I[Te]1(I)Cc2ccc3c(c2C1)C[Te](I)(I)C3. The maximum atomic E-state index is 2.82. The third-order valence-electron chi connectivity index (χ3n) is 3.07. The van der Waals surface area contributed by atoms with E-state index >= 15 is 0 Å². The zero-order valence-corrected chi connectivity index (χ0v) is 21.6. The van der Waals surface area contributed by atoms with Crippen molar-refractivity contribution in [2.45, 2.75) is 17.9 Å². The van der Waals surface area contributed by atoms with E-state index < -0.39 is 20.6 Å². The fourth-order valence-electron chi connectivity index (χ4n) is 2.40. The first-order valence-corrected chi connectivity index (χ1v) is 38.6. The van der Waals surface area contributed by atoms with E-state index in [1.165, 1.54) is 17.9 Å². The molecule has 16 heavy (non-hydrogen) atoms. The summed E-state index contributed by atoms with van der Waals surface area (Å²) in [5, 5.41) is 0. The van der Waals surface area contributed by atoms with Crippen molar-refractivity contribution in [3.8, 4) is 0 Å². The Morgan fingerprint density at radius 1 is 0.688 bits per heavy atom. The Balaban J connectivity index is 2.09. The first-order chi connectivity index (χ1) is 7.36. The fraction of sp³-hybridized carbons (Fsp3) is 0.400. The standard InChI is InChI=1S/C10H10I4Te2/c11-15(12)3-7-1-2-8-4-16(13,14)6-10(8)9(7)5-15/h1-2H,3-6H2. The number of rotatable bonds is 0. The van der Waals surface area contributed by atoms with Crippen molar-refractivity contribution < 1.29 is 0 Å². The second-order valence-corrected chi connectivity index (χ2v) is 83.4. The van der Waals surface area contributed by atoms with E-state index in [9.17, 15) is 0 Å². The number of hydrogen-bond donors (Lipinski definition) is 0. The molecule has 0 fully saturated rings. The predicted molar refractivity (Wildman–Crippen MR) is 109 cm³/mol. The molecule has 0 atom stereocenters. The van der Waals surface area contributed by atoms with Gasteiger partial charge in [0.1, 0.15) is 0 Å². The van der Waals surface area contributed by atoms with Crippen LogP contribution in [0.1, 0.15) is 22.3 Å². The Morgan fingerprint density at radius 3 is 1.44 bits per heavy atom. The quantitative estimate of drug-likeness (QED) is 0.263. The summed E-state index contributed by atoms with van der Waals surface area (Å²) in [6.45, 7) is 0. The van der Waals surface area contributed by atoms with E-state index in [1.54, 1.807) is 11.1 Å². The van der Waals surface area contributed by atoms with Gasteiger partial charge in [0.25, 0.3) is 0 Å². The third-order valence-corrected chi connectivity index (χ3v) is 28.0. The number of benzene rings is 1. The van der Waals surface area contributed by atoms with Crippen LogP contribution in [0.5, 0.6) is 0 Å². The minimum absolute atomic E-state index is 1.45. The van der Waals surface area contributed by atoms with E-state index in [1.807, 2.05) is 11.1 Å². The topological polar surface area (TPSA) is 0 Å². The molecule has 3 rings (SSSR count). The van der Waals surface area contributed by atoms with Gasteiger partial charge in [-0.1, -0.05) is 0 Å². The monoisotopic (exact) mass is 898 g/mol. The van der Waals surface area contributed by atoms with Gasteiger partial charge in [-0.2, -0.15) is 0 Å². The van der Waals surface area contributed by atoms with Crippen LogP contribution < -0.4 is 0 Å². The fourth-order valence-corrected chi connectivity index (χ4v) is 28.9. The van der Waals surface area contributed by atoms with Crippen LogP contribution in [0.3, 0.4) is 0 Å². The van der Waals surface area contributed by atoms with E-state index in [-0.39, 0.29) is 0 Å². The van der Waals surface area contributed by atoms with Gasteiger partial charge in [0.15, 0.2) is 0 Å². The van der Waals surface area contributed by atoms with E-state index in [0.717, 1.165) is 0 Å². The van der Waals surface area contributed by atoms with Crippen LogP contribution in [0.4, 0.5) is 0 Å². The summed E-state index contributed by atoms with van der Waals surface area (Å²) in [5.41, 5.74) is 7.06. The Labute approximate surface area is 143 Å². The first-order valence-electron chi connectivity index (χ1n) is 4.85. The summed E-state index contributed by atoms with van der Waals surface area (Å²) in [7, 11) is -3.00. The van der Waals surface area contributed by atoms with E-state index in [2.05, 4.69) is 86.9 Å². The Hall–Kier alpha value is 3.72. The summed E-state index contributed by atoms with van der Waals surface area (Å²) < 4.78 is 5.87. The molecule has 0 unspecified atom stereocenters.